The summed E-state index contributed by atoms with van der Waals surface area (Å²) in [5, 5.41) is 0. The fraction of sp³-hybridized carbons (Fsp3) is 0.235. The largest absolute Gasteiger partial charge is 0.294 e. The molecule has 0 bridgehead atoms. The van der Waals surface area contributed by atoms with E-state index in [1.54, 1.807) is 0 Å². The van der Waals surface area contributed by atoms with Crippen molar-refractivity contribution in [2.45, 2.75) is 26.2 Å². The first-order chi connectivity index (χ1) is 8.79. The lowest BCUT2D eigenvalue weighted by Gasteiger charge is -2.04. The molecule has 1 aliphatic carbocycles. The van der Waals surface area contributed by atoms with Crippen LogP contribution >= 0.6 is 0 Å². The van der Waals surface area contributed by atoms with Crippen molar-refractivity contribution in [3.05, 3.63) is 59.2 Å². The third-order valence-electron chi connectivity index (χ3n) is 3.60. The maximum atomic E-state index is 12.0. The van der Waals surface area contributed by atoms with Gasteiger partial charge in [-0.25, -0.2) is 0 Å². The first-order valence-corrected chi connectivity index (χ1v) is 6.54. The summed E-state index contributed by atoms with van der Waals surface area (Å²) >= 11 is 0. The molecule has 0 unspecified atom stereocenters. The number of hydrogen-bond donors (Lipinski definition) is 0. The van der Waals surface area contributed by atoms with Gasteiger partial charge in [0.15, 0.2) is 5.78 Å². The van der Waals surface area contributed by atoms with E-state index < -0.39 is 0 Å². The van der Waals surface area contributed by atoms with Crippen LogP contribution in [0, 0.1) is 0 Å². The van der Waals surface area contributed by atoms with Crippen LogP contribution in [0.1, 0.15) is 41.3 Å². The molecule has 1 nitrogen and oxygen atoms in total. The Morgan fingerprint density at radius 2 is 1.83 bits per heavy atom. The van der Waals surface area contributed by atoms with Crippen molar-refractivity contribution >= 4 is 5.78 Å². The number of benzene rings is 2. The van der Waals surface area contributed by atoms with Crippen LogP contribution in [0.4, 0.5) is 0 Å². The minimum atomic E-state index is 0.254. The second-order valence-electron chi connectivity index (χ2n) is 4.88. The van der Waals surface area contributed by atoms with E-state index in [0.717, 1.165) is 18.4 Å². The van der Waals surface area contributed by atoms with Crippen molar-refractivity contribution < 1.29 is 4.79 Å². The van der Waals surface area contributed by atoms with Gasteiger partial charge in [-0.1, -0.05) is 43.3 Å². The normalized spacial score (nSPS) is 12.1. The van der Waals surface area contributed by atoms with Crippen LogP contribution in [0.25, 0.3) is 11.1 Å². The summed E-state index contributed by atoms with van der Waals surface area (Å²) in [6, 6.07) is 14.6. The highest BCUT2D eigenvalue weighted by molar-refractivity contribution is 5.98. The Kier molecular flexibility index (Phi) is 2.75. The summed E-state index contributed by atoms with van der Waals surface area (Å²) < 4.78 is 0. The van der Waals surface area contributed by atoms with E-state index in [-0.39, 0.29) is 5.78 Å². The highest BCUT2D eigenvalue weighted by Crippen LogP contribution is 2.36. The Labute approximate surface area is 107 Å². The number of carbonyl (C=O) groups is 1. The highest BCUT2D eigenvalue weighted by Gasteiger charge is 2.18. The molecule has 0 aromatic heterocycles. The Morgan fingerprint density at radius 3 is 2.67 bits per heavy atom. The predicted molar refractivity (Wildman–Crippen MR) is 73.9 cm³/mol. The molecule has 3 rings (SSSR count). The van der Waals surface area contributed by atoms with Crippen LogP contribution < -0.4 is 0 Å². The van der Waals surface area contributed by atoms with Crippen LogP contribution in [0.5, 0.6) is 0 Å². The molecule has 2 aromatic carbocycles. The van der Waals surface area contributed by atoms with Crippen LogP contribution in [-0.2, 0) is 6.42 Å². The zero-order valence-corrected chi connectivity index (χ0v) is 10.6. The molecule has 90 valence electrons. The van der Waals surface area contributed by atoms with Gasteiger partial charge in [-0.2, -0.15) is 0 Å². The van der Waals surface area contributed by atoms with Crippen molar-refractivity contribution in [2.75, 3.05) is 0 Å². The van der Waals surface area contributed by atoms with E-state index >= 15 is 0 Å². The Morgan fingerprint density at radius 1 is 1.06 bits per heavy atom. The highest BCUT2D eigenvalue weighted by atomic mass is 16.1. The summed E-state index contributed by atoms with van der Waals surface area (Å²) in [7, 11) is 0. The SMILES string of the molecule is CCCC(=O)c1ccc2c(c1)-c1ccccc1C2. The smallest absolute Gasteiger partial charge is 0.162 e. The molecule has 1 heteroatoms. The predicted octanol–water partition coefficient (Wildman–Crippen LogP) is 4.24. The van der Waals surface area contributed by atoms with Gasteiger partial charge in [-0.15, -0.1) is 0 Å². The molecule has 1 aliphatic rings. The molecule has 0 saturated carbocycles. The van der Waals surface area contributed by atoms with Crippen molar-refractivity contribution in [3.63, 3.8) is 0 Å². The standard InChI is InChI=1S/C17H16O/c1-2-5-17(18)14-9-8-13-10-12-6-3-4-7-15(12)16(13)11-14/h3-4,6-9,11H,2,5,10H2,1H3. The minimum absolute atomic E-state index is 0.254. The number of carbonyl (C=O) groups excluding carboxylic acids is 1. The lowest BCUT2D eigenvalue weighted by atomic mass is 9.99. The van der Waals surface area contributed by atoms with Gasteiger partial charge in [0, 0.05) is 12.0 Å². The van der Waals surface area contributed by atoms with E-state index in [1.807, 2.05) is 13.0 Å². The lowest BCUT2D eigenvalue weighted by molar-refractivity contribution is 0.0982. The maximum Gasteiger partial charge on any atom is 0.162 e. The molecule has 0 saturated heterocycles. The molecule has 0 aliphatic heterocycles. The van der Waals surface area contributed by atoms with E-state index in [9.17, 15) is 4.79 Å². The Hall–Kier alpha value is -1.89. The van der Waals surface area contributed by atoms with E-state index in [1.165, 1.54) is 22.3 Å². The van der Waals surface area contributed by atoms with Gasteiger partial charge in [0.05, 0.1) is 0 Å². The van der Waals surface area contributed by atoms with Gasteiger partial charge in [-0.3, -0.25) is 4.79 Å². The van der Waals surface area contributed by atoms with Gasteiger partial charge in [0.25, 0.3) is 0 Å². The molecule has 0 atom stereocenters. The van der Waals surface area contributed by atoms with Gasteiger partial charge >= 0.3 is 0 Å². The monoisotopic (exact) mass is 236 g/mol. The second kappa shape index (κ2) is 4.41. The molecule has 0 radical (unpaired) electrons. The molecule has 0 N–H and O–H groups in total. The quantitative estimate of drug-likeness (QED) is 0.622. The van der Waals surface area contributed by atoms with Crippen molar-refractivity contribution in [3.8, 4) is 11.1 Å². The fourth-order valence-electron chi connectivity index (χ4n) is 2.67. The van der Waals surface area contributed by atoms with Gasteiger partial charge in [-0.05, 0) is 41.2 Å². The van der Waals surface area contributed by atoms with Gasteiger partial charge < -0.3 is 0 Å². The Balaban J connectivity index is 2.05. The van der Waals surface area contributed by atoms with Crippen molar-refractivity contribution in [1.29, 1.82) is 0 Å². The van der Waals surface area contributed by atoms with Crippen LogP contribution in [0.3, 0.4) is 0 Å². The fourth-order valence-corrected chi connectivity index (χ4v) is 2.67. The van der Waals surface area contributed by atoms with Crippen molar-refractivity contribution in [1.82, 2.24) is 0 Å². The van der Waals surface area contributed by atoms with Crippen LogP contribution in [0.2, 0.25) is 0 Å². The average molecular weight is 236 g/mol. The Bertz CT molecular complexity index is 611. The topological polar surface area (TPSA) is 17.1 Å². The van der Waals surface area contributed by atoms with Crippen molar-refractivity contribution in [2.24, 2.45) is 0 Å². The summed E-state index contributed by atoms with van der Waals surface area (Å²) in [4.78, 5) is 12.0. The number of hydrogen-bond acceptors (Lipinski definition) is 1. The zero-order chi connectivity index (χ0) is 12.5. The maximum absolute atomic E-state index is 12.0. The lowest BCUT2D eigenvalue weighted by Crippen LogP contribution is -1.98. The number of Topliss-reactive ketones (excluding diaryl/α,β-unsaturated/α-hetero) is 1. The average Bonchev–Trinajstić information content (AvgIpc) is 2.76. The number of ketones is 1. The number of fused-ring (bicyclic) bond motifs is 3. The summed E-state index contributed by atoms with van der Waals surface area (Å²) in [5.74, 6) is 0.254. The first-order valence-electron chi connectivity index (χ1n) is 6.54. The van der Waals surface area contributed by atoms with Gasteiger partial charge in [0.1, 0.15) is 0 Å². The molecule has 2 aromatic rings. The molecule has 0 spiro atoms. The van der Waals surface area contributed by atoms with Gasteiger partial charge in [0.2, 0.25) is 0 Å². The van der Waals surface area contributed by atoms with E-state index in [4.69, 9.17) is 0 Å². The third-order valence-corrected chi connectivity index (χ3v) is 3.60. The summed E-state index contributed by atoms with van der Waals surface area (Å²) in [5.41, 5.74) is 6.09. The summed E-state index contributed by atoms with van der Waals surface area (Å²) in [6.45, 7) is 2.04. The molecule has 0 amide bonds. The van der Waals surface area contributed by atoms with Crippen LogP contribution in [-0.4, -0.2) is 5.78 Å². The first kappa shape index (κ1) is 11.2. The third kappa shape index (κ3) is 1.76. The molecular weight excluding hydrogens is 220 g/mol. The molecule has 0 fully saturated rings. The molecule has 18 heavy (non-hydrogen) atoms. The van der Waals surface area contributed by atoms with E-state index in [2.05, 4.69) is 36.4 Å². The van der Waals surface area contributed by atoms with E-state index in [0.29, 0.717) is 6.42 Å². The summed E-state index contributed by atoms with van der Waals surface area (Å²) in [6.07, 6.45) is 2.54. The molecule has 0 heterocycles. The van der Waals surface area contributed by atoms with Crippen LogP contribution in [0.15, 0.2) is 42.5 Å². The molecular formula is C17H16O. The minimum Gasteiger partial charge on any atom is -0.294 e. The second-order valence-corrected chi connectivity index (χ2v) is 4.88. The number of rotatable bonds is 3. The zero-order valence-electron chi connectivity index (χ0n) is 10.6.